The van der Waals surface area contributed by atoms with Crippen molar-refractivity contribution < 1.29 is 18.8 Å². The van der Waals surface area contributed by atoms with Gasteiger partial charge in [0, 0.05) is 18.5 Å². The Kier molecular flexibility index (Phi) is 3.87. The van der Waals surface area contributed by atoms with E-state index in [1.165, 1.54) is 0 Å². The number of nitrogens with zero attached hydrogens (tertiary/aromatic N) is 1. The number of nitrogens with one attached hydrogen (secondary N) is 2. The number of ether oxygens (including phenoxy) is 2. The number of carbonyl (C=O) groups excluding carboxylic acids is 1. The predicted octanol–water partition coefficient (Wildman–Crippen LogP) is 3.06. The number of amides is 2. The van der Waals surface area contributed by atoms with Crippen molar-refractivity contribution in [1.82, 2.24) is 15.2 Å². The van der Waals surface area contributed by atoms with E-state index < -0.39 is 0 Å². The standard InChI is InChI=1S/C16H13N3O4S/c20-16(17-8-10-5-6-13-14(7-10)22-9-21-13)19-24-15-11-3-1-2-4-12(11)23-18-15/h1-7H,8-9H2,(H2,17,19,20). The summed E-state index contributed by atoms with van der Waals surface area (Å²) in [5, 5.41) is 8.19. The molecule has 24 heavy (non-hydrogen) atoms. The van der Waals surface area contributed by atoms with E-state index in [1.54, 1.807) is 0 Å². The molecule has 2 N–H and O–H groups in total. The lowest BCUT2D eigenvalue weighted by Crippen LogP contribution is -2.30. The number of hydrogen-bond acceptors (Lipinski definition) is 6. The zero-order valence-electron chi connectivity index (χ0n) is 12.4. The van der Waals surface area contributed by atoms with Crippen molar-refractivity contribution >= 4 is 28.9 Å². The predicted molar refractivity (Wildman–Crippen MR) is 87.8 cm³/mol. The molecule has 0 saturated carbocycles. The van der Waals surface area contributed by atoms with Gasteiger partial charge < -0.3 is 19.3 Å². The number of urea groups is 1. The summed E-state index contributed by atoms with van der Waals surface area (Å²) >= 11 is 1.11. The Bertz CT molecular complexity index is 896. The highest BCUT2D eigenvalue weighted by atomic mass is 32.2. The van der Waals surface area contributed by atoms with Crippen molar-refractivity contribution in [2.45, 2.75) is 11.6 Å². The summed E-state index contributed by atoms with van der Waals surface area (Å²) in [7, 11) is 0. The number of aromatic nitrogens is 1. The van der Waals surface area contributed by atoms with E-state index in [1.807, 2.05) is 42.5 Å². The van der Waals surface area contributed by atoms with E-state index in [-0.39, 0.29) is 12.8 Å². The average molecular weight is 343 g/mol. The monoisotopic (exact) mass is 343 g/mol. The van der Waals surface area contributed by atoms with Crippen molar-refractivity contribution in [3.63, 3.8) is 0 Å². The van der Waals surface area contributed by atoms with Crippen molar-refractivity contribution in [1.29, 1.82) is 0 Å². The van der Waals surface area contributed by atoms with Crippen LogP contribution in [0.25, 0.3) is 11.0 Å². The van der Waals surface area contributed by atoms with Gasteiger partial charge in [-0.1, -0.05) is 23.4 Å². The lowest BCUT2D eigenvalue weighted by molar-refractivity contribution is 0.174. The fraction of sp³-hybridized carbons (Fsp3) is 0.125. The van der Waals surface area contributed by atoms with E-state index in [9.17, 15) is 4.79 Å². The van der Waals surface area contributed by atoms with Crippen LogP contribution in [0.15, 0.2) is 52.0 Å². The van der Waals surface area contributed by atoms with Crippen LogP contribution in [0.2, 0.25) is 0 Å². The normalized spacial score (nSPS) is 12.3. The molecule has 2 heterocycles. The second-order valence-electron chi connectivity index (χ2n) is 5.06. The number of hydrogen-bond donors (Lipinski definition) is 2. The van der Waals surface area contributed by atoms with Crippen LogP contribution in [-0.2, 0) is 6.54 Å². The minimum Gasteiger partial charge on any atom is -0.454 e. The SMILES string of the molecule is O=C(NCc1ccc2c(c1)OCO2)NSc1noc2ccccc12. The van der Waals surface area contributed by atoms with E-state index in [2.05, 4.69) is 15.2 Å². The smallest absolute Gasteiger partial charge is 0.325 e. The fourth-order valence-electron chi connectivity index (χ4n) is 2.30. The molecule has 7 nitrogen and oxygen atoms in total. The molecule has 2 amide bonds. The Morgan fingerprint density at radius 1 is 1.17 bits per heavy atom. The van der Waals surface area contributed by atoms with Crippen LogP contribution in [-0.4, -0.2) is 18.0 Å². The molecule has 0 atom stereocenters. The highest BCUT2D eigenvalue weighted by molar-refractivity contribution is 7.98. The average Bonchev–Trinajstić information content (AvgIpc) is 3.24. The lowest BCUT2D eigenvalue weighted by Gasteiger charge is -2.06. The molecule has 4 rings (SSSR count). The molecule has 8 heteroatoms. The first-order valence-electron chi connectivity index (χ1n) is 7.23. The molecule has 1 aromatic heterocycles. The van der Waals surface area contributed by atoms with Crippen LogP contribution < -0.4 is 19.5 Å². The Morgan fingerprint density at radius 3 is 3.00 bits per heavy atom. The van der Waals surface area contributed by atoms with Crippen LogP contribution in [0.1, 0.15) is 5.56 Å². The summed E-state index contributed by atoms with van der Waals surface area (Å²) in [6.07, 6.45) is 0. The number of para-hydroxylation sites is 1. The van der Waals surface area contributed by atoms with Gasteiger partial charge in [0.1, 0.15) is 0 Å². The second-order valence-corrected chi connectivity index (χ2v) is 5.85. The van der Waals surface area contributed by atoms with Gasteiger partial charge in [-0.3, -0.25) is 4.72 Å². The number of benzene rings is 2. The first kappa shape index (κ1) is 14.7. The minimum absolute atomic E-state index is 0.231. The first-order valence-corrected chi connectivity index (χ1v) is 8.05. The third kappa shape index (κ3) is 2.95. The van der Waals surface area contributed by atoms with Gasteiger partial charge in [-0.2, -0.15) is 0 Å². The van der Waals surface area contributed by atoms with Gasteiger partial charge in [0.2, 0.25) is 6.79 Å². The fourth-order valence-corrected chi connectivity index (χ4v) is 2.92. The summed E-state index contributed by atoms with van der Waals surface area (Å²) in [6, 6.07) is 12.7. The third-order valence-corrected chi connectivity index (χ3v) is 4.25. The maximum atomic E-state index is 11.9. The summed E-state index contributed by atoms with van der Waals surface area (Å²) in [5.74, 6) is 1.41. The molecule has 1 aliphatic rings. The summed E-state index contributed by atoms with van der Waals surface area (Å²) < 4.78 is 18.4. The molecule has 3 aromatic rings. The molecule has 122 valence electrons. The van der Waals surface area contributed by atoms with Gasteiger partial charge >= 0.3 is 6.03 Å². The number of fused-ring (bicyclic) bond motifs is 2. The van der Waals surface area contributed by atoms with Crippen LogP contribution in [0.4, 0.5) is 4.79 Å². The van der Waals surface area contributed by atoms with Gasteiger partial charge in [-0.15, -0.1) is 0 Å². The molecule has 0 unspecified atom stereocenters. The largest absolute Gasteiger partial charge is 0.454 e. The van der Waals surface area contributed by atoms with Crippen LogP contribution >= 0.6 is 11.9 Å². The maximum Gasteiger partial charge on any atom is 0.325 e. The van der Waals surface area contributed by atoms with Crippen molar-refractivity contribution in [3.8, 4) is 11.5 Å². The lowest BCUT2D eigenvalue weighted by atomic mass is 10.2. The zero-order valence-corrected chi connectivity index (χ0v) is 13.3. The first-order chi connectivity index (χ1) is 11.8. The third-order valence-electron chi connectivity index (χ3n) is 3.47. The Labute approximate surface area is 141 Å². The van der Waals surface area contributed by atoms with Gasteiger partial charge in [-0.05, 0) is 29.8 Å². The Balaban J connectivity index is 1.32. The molecule has 1 aliphatic heterocycles. The van der Waals surface area contributed by atoms with E-state index in [4.69, 9.17) is 14.0 Å². The summed E-state index contributed by atoms with van der Waals surface area (Å²) in [4.78, 5) is 11.9. The van der Waals surface area contributed by atoms with Crippen molar-refractivity contribution in [3.05, 3.63) is 48.0 Å². The van der Waals surface area contributed by atoms with Crippen molar-refractivity contribution in [2.75, 3.05) is 6.79 Å². The highest BCUT2D eigenvalue weighted by Gasteiger charge is 2.14. The topological polar surface area (TPSA) is 85.6 Å². The minimum atomic E-state index is -0.315. The summed E-state index contributed by atoms with van der Waals surface area (Å²) in [6.45, 7) is 0.609. The van der Waals surface area contributed by atoms with Crippen LogP contribution in [0.3, 0.4) is 0 Å². The van der Waals surface area contributed by atoms with E-state index in [0.29, 0.717) is 22.9 Å². The van der Waals surface area contributed by atoms with Gasteiger partial charge in [0.25, 0.3) is 0 Å². The molecule has 0 radical (unpaired) electrons. The molecule has 0 aliphatic carbocycles. The molecular weight excluding hydrogens is 330 g/mol. The van der Waals surface area contributed by atoms with Crippen LogP contribution in [0, 0.1) is 0 Å². The molecule has 0 bridgehead atoms. The summed E-state index contributed by atoms with van der Waals surface area (Å²) in [5.41, 5.74) is 1.61. The van der Waals surface area contributed by atoms with E-state index >= 15 is 0 Å². The van der Waals surface area contributed by atoms with Gasteiger partial charge in [-0.25, -0.2) is 4.79 Å². The quantitative estimate of drug-likeness (QED) is 0.708. The zero-order chi connectivity index (χ0) is 16.4. The molecular formula is C16H13N3O4S. The molecule has 2 aromatic carbocycles. The Morgan fingerprint density at radius 2 is 2.04 bits per heavy atom. The van der Waals surface area contributed by atoms with Crippen LogP contribution in [0.5, 0.6) is 11.5 Å². The van der Waals surface area contributed by atoms with E-state index in [0.717, 1.165) is 28.6 Å². The maximum absolute atomic E-state index is 11.9. The van der Waals surface area contributed by atoms with Gasteiger partial charge in [0.05, 0.1) is 5.39 Å². The number of carbonyl (C=O) groups is 1. The molecule has 0 saturated heterocycles. The second kappa shape index (κ2) is 6.32. The molecule has 0 spiro atoms. The van der Waals surface area contributed by atoms with Gasteiger partial charge in [0.15, 0.2) is 22.1 Å². The Hall–Kier alpha value is -2.87. The number of rotatable bonds is 4. The highest BCUT2D eigenvalue weighted by Crippen LogP contribution is 2.32. The molecule has 0 fully saturated rings. The van der Waals surface area contributed by atoms with Crippen molar-refractivity contribution in [2.24, 2.45) is 0 Å².